The molecule has 0 atom stereocenters. The van der Waals surface area contributed by atoms with Crippen molar-refractivity contribution in [1.29, 1.82) is 0 Å². The molecule has 0 aliphatic heterocycles. The fourth-order valence-electron chi connectivity index (χ4n) is 2.62. The van der Waals surface area contributed by atoms with Crippen molar-refractivity contribution in [2.24, 2.45) is 0 Å². The first kappa shape index (κ1) is 7.37. The van der Waals surface area contributed by atoms with Gasteiger partial charge < -0.3 is 0 Å². The average Bonchev–Trinajstić information content (AvgIpc) is 2.65. The number of allylic oxidation sites excluding steroid dienone is 8. The number of hydrogen-bond donors (Lipinski definition) is 0. The van der Waals surface area contributed by atoms with Gasteiger partial charge >= 0.3 is 0 Å². The van der Waals surface area contributed by atoms with Gasteiger partial charge in [-0.1, -0.05) is 24.3 Å². The first-order chi connectivity index (χ1) is 6.45. The van der Waals surface area contributed by atoms with E-state index >= 15 is 0 Å². The molecule has 0 unspecified atom stereocenters. The molecule has 0 aromatic rings. The summed E-state index contributed by atoms with van der Waals surface area (Å²) in [6, 6.07) is 0. The Labute approximate surface area is 79.3 Å². The highest BCUT2D eigenvalue weighted by atomic mass is 14.3. The van der Waals surface area contributed by atoms with E-state index in [1.807, 2.05) is 0 Å². The van der Waals surface area contributed by atoms with Crippen LogP contribution < -0.4 is 0 Å². The SMILES string of the molecule is C1=CC2=C3CCCCC3=CCC2=C1. The van der Waals surface area contributed by atoms with Crippen LogP contribution >= 0.6 is 0 Å². The predicted octanol–water partition coefficient (Wildman–Crippen LogP) is 3.68. The van der Waals surface area contributed by atoms with Gasteiger partial charge in [-0.3, -0.25) is 0 Å². The van der Waals surface area contributed by atoms with Gasteiger partial charge in [-0.15, -0.1) is 0 Å². The Morgan fingerprint density at radius 3 is 2.92 bits per heavy atom. The molecule has 1 saturated carbocycles. The van der Waals surface area contributed by atoms with Crippen LogP contribution in [0.3, 0.4) is 0 Å². The molecule has 0 N–H and O–H groups in total. The Hall–Kier alpha value is -1.04. The fourth-order valence-corrected chi connectivity index (χ4v) is 2.62. The van der Waals surface area contributed by atoms with Crippen LogP contribution in [0.5, 0.6) is 0 Å². The van der Waals surface area contributed by atoms with Crippen molar-refractivity contribution >= 4 is 0 Å². The highest BCUT2D eigenvalue weighted by molar-refractivity contribution is 5.59. The summed E-state index contributed by atoms with van der Waals surface area (Å²) in [5, 5.41) is 0. The van der Waals surface area contributed by atoms with Crippen LogP contribution in [0, 0.1) is 0 Å². The minimum Gasteiger partial charge on any atom is -0.0766 e. The molecule has 3 aliphatic rings. The fraction of sp³-hybridized carbons (Fsp3) is 0.385. The molecule has 0 radical (unpaired) electrons. The van der Waals surface area contributed by atoms with E-state index in [0.29, 0.717) is 0 Å². The molecular weight excluding hydrogens is 156 g/mol. The maximum atomic E-state index is 2.44. The third-order valence-electron chi connectivity index (χ3n) is 3.31. The Kier molecular flexibility index (Phi) is 1.55. The van der Waals surface area contributed by atoms with Crippen molar-refractivity contribution < 1.29 is 0 Å². The smallest absolute Gasteiger partial charge is 0.00855 e. The molecular formula is C13H14. The molecule has 0 spiro atoms. The number of hydrogen-bond acceptors (Lipinski definition) is 0. The zero-order valence-corrected chi connectivity index (χ0v) is 7.84. The molecule has 3 aliphatic carbocycles. The van der Waals surface area contributed by atoms with Crippen LogP contribution in [0.4, 0.5) is 0 Å². The van der Waals surface area contributed by atoms with Gasteiger partial charge in [0.2, 0.25) is 0 Å². The molecule has 13 heavy (non-hydrogen) atoms. The maximum Gasteiger partial charge on any atom is -0.00855 e. The molecule has 0 nitrogen and oxygen atoms in total. The molecule has 1 fully saturated rings. The summed E-state index contributed by atoms with van der Waals surface area (Å²) in [6.45, 7) is 0. The largest absolute Gasteiger partial charge is 0.0766 e. The maximum absolute atomic E-state index is 2.44. The van der Waals surface area contributed by atoms with E-state index in [1.54, 1.807) is 22.3 Å². The van der Waals surface area contributed by atoms with E-state index in [-0.39, 0.29) is 0 Å². The molecule has 0 amide bonds. The van der Waals surface area contributed by atoms with Crippen molar-refractivity contribution in [2.45, 2.75) is 32.1 Å². The molecule has 0 saturated heterocycles. The van der Waals surface area contributed by atoms with Gasteiger partial charge in [-0.05, 0) is 54.4 Å². The summed E-state index contributed by atoms with van der Waals surface area (Å²) in [5.41, 5.74) is 6.39. The lowest BCUT2D eigenvalue weighted by molar-refractivity contribution is 0.669. The van der Waals surface area contributed by atoms with Gasteiger partial charge in [-0.25, -0.2) is 0 Å². The van der Waals surface area contributed by atoms with Gasteiger partial charge in [0, 0.05) is 0 Å². The summed E-state index contributed by atoms with van der Waals surface area (Å²) in [5.74, 6) is 0. The van der Waals surface area contributed by atoms with Crippen molar-refractivity contribution in [1.82, 2.24) is 0 Å². The van der Waals surface area contributed by atoms with Crippen LogP contribution in [-0.2, 0) is 0 Å². The zero-order chi connectivity index (χ0) is 8.67. The van der Waals surface area contributed by atoms with Gasteiger partial charge in [0.1, 0.15) is 0 Å². The van der Waals surface area contributed by atoms with Gasteiger partial charge in [0.25, 0.3) is 0 Å². The van der Waals surface area contributed by atoms with E-state index in [4.69, 9.17) is 0 Å². The van der Waals surface area contributed by atoms with E-state index in [1.165, 1.54) is 32.1 Å². The lowest BCUT2D eigenvalue weighted by Gasteiger charge is -2.25. The van der Waals surface area contributed by atoms with Gasteiger partial charge in [0.15, 0.2) is 0 Å². The van der Waals surface area contributed by atoms with E-state index in [0.717, 1.165) is 0 Å². The van der Waals surface area contributed by atoms with E-state index in [2.05, 4.69) is 24.3 Å². The Bertz CT molecular complexity index is 361. The minimum atomic E-state index is 1.17. The van der Waals surface area contributed by atoms with E-state index in [9.17, 15) is 0 Å². The second-order valence-electron chi connectivity index (χ2n) is 4.08. The van der Waals surface area contributed by atoms with Crippen molar-refractivity contribution in [2.75, 3.05) is 0 Å². The first-order valence-electron chi connectivity index (χ1n) is 5.25. The second kappa shape index (κ2) is 2.73. The standard InChI is InChI=1S/C13H14/c1-2-6-12-10(4-1)8-9-11-5-3-7-13(11)12/h3,5,7-8H,1-2,4,6,9H2. The highest BCUT2D eigenvalue weighted by Gasteiger charge is 2.21. The monoisotopic (exact) mass is 170 g/mol. The third kappa shape index (κ3) is 1.05. The van der Waals surface area contributed by atoms with Crippen molar-refractivity contribution in [3.05, 3.63) is 46.6 Å². The van der Waals surface area contributed by atoms with Gasteiger partial charge in [0.05, 0.1) is 0 Å². The summed E-state index contributed by atoms with van der Waals surface area (Å²) in [7, 11) is 0. The zero-order valence-electron chi connectivity index (χ0n) is 7.84. The molecule has 0 heterocycles. The summed E-state index contributed by atoms with van der Waals surface area (Å²) >= 11 is 0. The van der Waals surface area contributed by atoms with Crippen LogP contribution in [0.1, 0.15) is 32.1 Å². The number of rotatable bonds is 0. The van der Waals surface area contributed by atoms with Crippen molar-refractivity contribution in [3.63, 3.8) is 0 Å². The minimum absolute atomic E-state index is 1.17. The van der Waals surface area contributed by atoms with Crippen molar-refractivity contribution in [3.8, 4) is 0 Å². The molecule has 0 bridgehead atoms. The lowest BCUT2D eigenvalue weighted by atomic mass is 9.80. The lowest BCUT2D eigenvalue weighted by Crippen LogP contribution is -2.06. The van der Waals surface area contributed by atoms with Crippen LogP contribution in [0.15, 0.2) is 46.6 Å². The highest BCUT2D eigenvalue weighted by Crippen LogP contribution is 2.40. The molecule has 0 aromatic heterocycles. The summed E-state index contributed by atoms with van der Waals surface area (Å²) < 4.78 is 0. The Morgan fingerprint density at radius 2 is 1.92 bits per heavy atom. The van der Waals surface area contributed by atoms with Crippen LogP contribution in [-0.4, -0.2) is 0 Å². The predicted molar refractivity (Wildman–Crippen MR) is 55.4 cm³/mol. The first-order valence-corrected chi connectivity index (χ1v) is 5.25. The van der Waals surface area contributed by atoms with E-state index < -0.39 is 0 Å². The summed E-state index contributed by atoms with van der Waals surface area (Å²) in [6.07, 6.45) is 15.8. The molecule has 3 rings (SSSR count). The molecule has 66 valence electrons. The molecule has 0 aromatic carbocycles. The topological polar surface area (TPSA) is 0 Å². The Morgan fingerprint density at radius 1 is 1.00 bits per heavy atom. The van der Waals surface area contributed by atoms with Crippen LogP contribution in [0.25, 0.3) is 0 Å². The van der Waals surface area contributed by atoms with Gasteiger partial charge in [-0.2, -0.15) is 0 Å². The summed E-state index contributed by atoms with van der Waals surface area (Å²) in [4.78, 5) is 0. The average molecular weight is 170 g/mol. The second-order valence-corrected chi connectivity index (χ2v) is 4.08. The Balaban J connectivity index is 2.11. The quantitative estimate of drug-likeness (QED) is 0.520. The number of fused-ring (bicyclic) bond motifs is 2. The molecule has 0 heteroatoms. The third-order valence-corrected chi connectivity index (χ3v) is 3.31. The van der Waals surface area contributed by atoms with Crippen LogP contribution in [0.2, 0.25) is 0 Å². The normalized spacial score (nSPS) is 25.2.